The van der Waals surface area contributed by atoms with Crippen LogP contribution in [0, 0.1) is 5.92 Å². The van der Waals surface area contributed by atoms with Gasteiger partial charge in [0, 0.05) is 16.6 Å². The summed E-state index contributed by atoms with van der Waals surface area (Å²) in [5.41, 5.74) is 4.37. The molecule has 2 heteroatoms. The van der Waals surface area contributed by atoms with E-state index in [-0.39, 0.29) is 0 Å². The summed E-state index contributed by atoms with van der Waals surface area (Å²) in [7, 11) is 0. The number of rotatable bonds is 3. The number of hydrogen-bond acceptors (Lipinski definition) is 1. The Balaban J connectivity index is 2.23. The predicted octanol–water partition coefficient (Wildman–Crippen LogP) is 5.75. The van der Waals surface area contributed by atoms with Gasteiger partial charge in [-0.15, -0.1) is 0 Å². The van der Waals surface area contributed by atoms with E-state index in [2.05, 4.69) is 32.0 Å². The highest BCUT2D eigenvalue weighted by atomic mass is 35.5. The Bertz CT molecular complexity index is 763. The topological polar surface area (TPSA) is 12.9 Å². The monoisotopic (exact) mass is 295 g/mol. The zero-order valence-corrected chi connectivity index (χ0v) is 13.1. The second kappa shape index (κ2) is 5.87. The zero-order chi connectivity index (χ0) is 14.8. The lowest BCUT2D eigenvalue weighted by Crippen LogP contribution is -1.98. The Morgan fingerprint density at radius 2 is 1.76 bits per heavy atom. The molecule has 1 heterocycles. The van der Waals surface area contributed by atoms with Crippen molar-refractivity contribution in [2.24, 2.45) is 5.92 Å². The smallest absolute Gasteiger partial charge is 0.0798 e. The number of pyridine rings is 1. The largest absolute Gasteiger partial charge is 0.252 e. The second-order valence-corrected chi connectivity index (χ2v) is 6.17. The van der Waals surface area contributed by atoms with Gasteiger partial charge in [0.05, 0.1) is 10.5 Å². The lowest BCUT2D eigenvalue weighted by molar-refractivity contribution is 0.637. The van der Waals surface area contributed by atoms with Crippen LogP contribution in [0.2, 0.25) is 5.02 Å². The molecule has 0 aliphatic rings. The SMILES string of the molecule is CC(C)Cc1cc(Cl)c2cccc(-c3ccccc3)c2n1. The van der Waals surface area contributed by atoms with E-state index in [4.69, 9.17) is 16.6 Å². The average Bonchev–Trinajstić information content (AvgIpc) is 2.47. The van der Waals surface area contributed by atoms with Crippen LogP contribution < -0.4 is 0 Å². The molecule has 0 atom stereocenters. The maximum absolute atomic E-state index is 6.47. The van der Waals surface area contributed by atoms with Crippen molar-refractivity contribution in [2.45, 2.75) is 20.3 Å². The van der Waals surface area contributed by atoms with Crippen molar-refractivity contribution in [2.75, 3.05) is 0 Å². The fraction of sp³-hybridized carbons (Fsp3) is 0.211. The van der Waals surface area contributed by atoms with Crippen LogP contribution in [0.4, 0.5) is 0 Å². The van der Waals surface area contributed by atoms with Crippen molar-refractivity contribution < 1.29 is 0 Å². The lowest BCUT2D eigenvalue weighted by Gasteiger charge is -2.11. The van der Waals surface area contributed by atoms with Gasteiger partial charge in [-0.25, -0.2) is 0 Å². The lowest BCUT2D eigenvalue weighted by atomic mass is 10.0. The van der Waals surface area contributed by atoms with E-state index < -0.39 is 0 Å². The molecule has 0 unspecified atom stereocenters. The Morgan fingerprint density at radius 3 is 2.48 bits per heavy atom. The number of nitrogens with zero attached hydrogens (tertiary/aromatic N) is 1. The third kappa shape index (κ3) is 2.93. The summed E-state index contributed by atoms with van der Waals surface area (Å²) in [6, 6.07) is 18.5. The molecule has 0 spiro atoms. The van der Waals surface area contributed by atoms with Gasteiger partial charge in [0.15, 0.2) is 0 Å². The molecule has 0 bridgehead atoms. The fourth-order valence-electron chi connectivity index (χ4n) is 2.63. The van der Waals surface area contributed by atoms with Crippen LogP contribution in [0.3, 0.4) is 0 Å². The molecule has 1 nitrogen and oxygen atoms in total. The van der Waals surface area contributed by atoms with Crippen LogP contribution in [0.5, 0.6) is 0 Å². The van der Waals surface area contributed by atoms with Crippen molar-refractivity contribution in [1.82, 2.24) is 4.98 Å². The molecule has 0 amide bonds. The molecule has 0 N–H and O–H groups in total. The molecule has 3 rings (SSSR count). The fourth-order valence-corrected chi connectivity index (χ4v) is 2.91. The Labute approximate surface area is 130 Å². The summed E-state index contributed by atoms with van der Waals surface area (Å²) in [5.74, 6) is 0.565. The first-order valence-electron chi connectivity index (χ1n) is 7.28. The van der Waals surface area contributed by atoms with Gasteiger partial charge >= 0.3 is 0 Å². The first-order chi connectivity index (χ1) is 10.1. The molecule has 0 saturated carbocycles. The second-order valence-electron chi connectivity index (χ2n) is 5.76. The van der Waals surface area contributed by atoms with Gasteiger partial charge in [-0.3, -0.25) is 4.98 Å². The van der Waals surface area contributed by atoms with Crippen LogP contribution in [0.25, 0.3) is 22.0 Å². The minimum absolute atomic E-state index is 0.565. The average molecular weight is 296 g/mol. The highest BCUT2D eigenvalue weighted by Gasteiger charge is 2.10. The van der Waals surface area contributed by atoms with Crippen molar-refractivity contribution in [3.63, 3.8) is 0 Å². The maximum atomic E-state index is 6.47. The first-order valence-corrected chi connectivity index (χ1v) is 7.66. The highest BCUT2D eigenvalue weighted by Crippen LogP contribution is 2.31. The molecule has 0 radical (unpaired) electrons. The van der Waals surface area contributed by atoms with Crippen molar-refractivity contribution in [3.05, 3.63) is 65.3 Å². The maximum Gasteiger partial charge on any atom is 0.0798 e. The van der Waals surface area contributed by atoms with E-state index in [0.717, 1.165) is 33.6 Å². The van der Waals surface area contributed by atoms with E-state index in [0.29, 0.717) is 5.92 Å². The molecule has 0 aliphatic carbocycles. The molecular formula is C19H18ClN. The summed E-state index contributed by atoms with van der Waals surface area (Å²) < 4.78 is 0. The number of hydrogen-bond donors (Lipinski definition) is 0. The number of para-hydroxylation sites is 1. The van der Waals surface area contributed by atoms with Crippen LogP contribution in [-0.2, 0) is 6.42 Å². The standard InChI is InChI=1S/C19H18ClN/c1-13(2)11-15-12-18(20)17-10-6-9-16(19(17)21-15)14-7-4-3-5-8-14/h3-10,12-13H,11H2,1-2H3. The van der Waals surface area contributed by atoms with E-state index >= 15 is 0 Å². The molecular weight excluding hydrogens is 278 g/mol. The molecule has 21 heavy (non-hydrogen) atoms. The van der Waals surface area contributed by atoms with Gasteiger partial charge < -0.3 is 0 Å². The van der Waals surface area contributed by atoms with Gasteiger partial charge in [-0.05, 0) is 24.0 Å². The molecule has 3 aromatic rings. The van der Waals surface area contributed by atoms with E-state index in [1.807, 2.05) is 36.4 Å². The minimum Gasteiger partial charge on any atom is -0.252 e. The van der Waals surface area contributed by atoms with E-state index in [9.17, 15) is 0 Å². The van der Waals surface area contributed by atoms with E-state index in [1.165, 1.54) is 5.56 Å². The quantitative estimate of drug-likeness (QED) is 0.599. The Morgan fingerprint density at radius 1 is 1.00 bits per heavy atom. The summed E-state index contributed by atoms with van der Waals surface area (Å²) in [6.45, 7) is 4.39. The highest BCUT2D eigenvalue weighted by molar-refractivity contribution is 6.35. The molecule has 0 saturated heterocycles. The van der Waals surface area contributed by atoms with Gasteiger partial charge in [0.1, 0.15) is 0 Å². The Kier molecular flexibility index (Phi) is 3.94. The van der Waals surface area contributed by atoms with Crippen molar-refractivity contribution in [3.8, 4) is 11.1 Å². The van der Waals surface area contributed by atoms with Gasteiger partial charge in [0.25, 0.3) is 0 Å². The van der Waals surface area contributed by atoms with Crippen LogP contribution in [0.1, 0.15) is 19.5 Å². The number of fused-ring (bicyclic) bond motifs is 1. The third-order valence-corrected chi connectivity index (χ3v) is 3.86. The first kappa shape index (κ1) is 14.1. The number of benzene rings is 2. The number of halogens is 1. The summed E-state index contributed by atoms with van der Waals surface area (Å²) in [5, 5.41) is 1.80. The van der Waals surface area contributed by atoms with Crippen LogP contribution in [-0.4, -0.2) is 4.98 Å². The molecule has 2 aromatic carbocycles. The number of aromatic nitrogens is 1. The molecule has 1 aromatic heterocycles. The minimum atomic E-state index is 0.565. The van der Waals surface area contributed by atoms with Crippen LogP contribution >= 0.6 is 11.6 Å². The molecule has 0 fully saturated rings. The van der Waals surface area contributed by atoms with Gasteiger partial charge in [0.2, 0.25) is 0 Å². The van der Waals surface area contributed by atoms with Crippen LogP contribution in [0.15, 0.2) is 54.6 Å². The van der Waals surface area contributed by atoms with Crippen molar-refractivity contribution >= 4 is 22.5 Å². The summed E-state index contributed by atoms with van der Waals surface area (Å²) in [6.07, 6.45) is 0.943. The van der Waals surface area contributed by atoms with E-state index in [1.54, 1.807) is 0 Å². The van der Waals surface area contributed by atoms with Gasteiger partial charge in [-0.1, -0.05) is 74.0 Å². The summed E-state index contributed by atoms with van der Waals surface area (Å²) in [4.78, 5) is 4.87. The molecule has 106 valence electrons. The predicted molar refractivity (Wildman–Crippen MR) is 90.7 cm³/mol. The Hall–Kier alpha value is -1.86. The third-order valence-electron chi connectivity index (χ3n) is 3.54. The zero-order valence-electron chi connectivity index (χ0n) is 12.3. The molecule has 0 aliphatic heterocycles. The van der Waals surface area contributed by atoms with Crippen molar-refractivity contribution in [1.29, 1.82) is 0 Å². The normalized spacial score (nSPS) is 11.2. The van der Waals surface area contributed by atoms with Gasteiger partial charge in [-0.2, -0.15) is 0 Å². The summed E-state index contributed by atoms with van der Waals surface area (Å²) >= 11 is 6.47.